The van der Waals surface area contributed by atoms with Gasteiger partial charge < -0.3 is 9.13 Å². The molecule has 0 spiro atoms. The summed E-state index contributed by atoms with van der Waals surface area (Å²) in [5.41, 5.74) is 9.38. The van der Waals surface area contributed by atoms with Crippen LogP contribution >= 0.6 is 0 Å². The first kappa shape index (κ1) is 22.1. The zero-order valence-corrected chi connectivity index (χ0v) is 22.8. The number of aromatic nitrogens is 2. The van der Waals surface area contributed by atoms with E-state index in [4.69, 9.17) is 1.37 Å². The first-order valence-corrected chi connectivity index (χ1v) is 14.4. The van der Waals surface area contributed by atoms with Gasteiger partial charge in [-0.15, -0.1) is 0 Å². The number of rotatable bonds is 3. The molecule has 0 radical (unpaired) electrons. The molecule has 0 unspecified atom stereocenters. The highest BCUT2D eigenvalue weighted by Crippen LogP contribution is 2.43. The van der Waals surface area contributed by atoms with E-state index in [-0.39, 0.29) is 0 Å². The Hall–Kier alpha value is -5.60. The molecule has 0 aliphatic rings. The molecule has 196 valence electrons. The lowest BCUT2D eigenvalue weighted by atomic mass is 10.1. The van der Waals surface area contributed by atoms with Crippen LogP contribution in [0.3, 0.4) is 0 Å². The van der Waals surface area contributed by atoms with Crippen molar-refractivity contribution in [3.8, 4) is 22.5 Å². The first-order chi connectivity index (χ1) is 21.3. The number of benzene rings is 7. The summed E-state index contributed by atoms with van der Waals surface area (Å²) in [4.78, 5) is 0. The average Bonchev–Trinajstić information content (AvgIpc) is 3.58. The van der Waals surface area contributed by atoms with Crippen LogP contribution in [0.1, 0.15) is 1.37 Å². The van der Waals surface area contributed by atoms with Gasteiger partial charge in [0.25, 0.3) is 0 Å². The van der Waals surface area contributed by atoms with Gasteiger partial charge in [-0.05, 0) is 59.0 Å². The van der Waals surface area contributed by atoms with Crippen molar-refractivity contribution in [2.24, 2.45) is 0 Å². The molecule has 0 aliphatic carbocycles. The van der Waals surface area contributed by atoms with Crippen molar-refractivity contribution in [2.75, 3.05) is 0 Å². The standard InChI is InChI=1S/C40H26N2/c1-2-11-27(12-3-1)28-21-23-30(24-22-28)41-35-18-8-6-16-32(35)39-37(41)25-26-38-40(39)33-17-7-9-19-36(33)42(38)34-20-10-14-29-13-4-5-15-31(29)34/h1-26H/i14D. The smallest absolute Gasteiger partial charge is 0.0629 e. The van der Waals surface area contributed by atoms with Crippen LogP contribution in [0.15, 0.2) is 158 Å². The highest BCUT2D eigenvalue weighted by atomic mass is 15.0. The monoisotopic (exact) mass is 535 g/mol. The third kappa shape index (κ3) is 3.27. The van der Waals surface area contributed by atoms with Crippen LogP contribution in [-0.2, 0) is 0 Å². The summed E-state index contributed by atoms with van der Waals surface area (Å²) >= 11 is 0. The lowest BCUT2D eigenvalue weighted by Gasteiger charge is -2.12. The maximum Gasteiger partial charge on any atom is 0.0629 e. The van der Waals surface area contributed by atoms with Crippen LogP contribution in [0.4, 0.5) is 0 Å². The van der Waals surface area contributed by atoms with Crippen LogP contribution in [0, 0.1) is 0 Å². The van der Waals surface area contributed by atoms with Crippen molar-refractivity contribution in [1.82, 2.24) is 9.13 Å². The van der Waals surface area contributed by atoms with Crippen LogP contribution in [0.5, 0.6) is 0 Å². The molecule has 0 aliphatic heterocycles. The topological polar surface area (TPSA) is 9.86 Å². The molecule has 9 aromatic rings. The van der Waals surface area contributed by atoms with Crippen LogP contribution < -0.4 is 0 Å². The number of para-hydroxylation sites is 2. The SMILES string of the molecule is [2H]c1ccc(-n2c3ccccc3c3c4c5ccccc5n(-c5ccc(-c6ccccc6)cc5)c4ccc32)c2ccccc12. The van der Waals surface area contributed by atoms with Crippen molar-refractivity contribution in [3.63, 3.8) is 0 Å². The van der Waals surface area contributed by atoms with E-state index in [0.29, 0.717) is 6.04 Å². The molecule has 2 heteroatoms. The van der Waals surface area contributed by atoms with Crippen molar-refractivity contribution in [1.29, 1.82) is 0 Å². The summed E-state index contributed by atoms with van der Waals surface area (Å²) in [5.74, 6) is 0. The van der Waals surface area contributed by atoms with E-state index in [1.54, 1.807) is 0 Å². The van der Waals surface area contributed by atoms with Gasteiger partial charge >= 0.3 is 0 Å². The van der Waals surface area contributed by atoms with Gasteiger partial charge in [-0.1, -0.05) is 115 Å². The first-order valence-electron chi connectivity index (χ1n) is 14.9. The molecule has 0 saturated heterocycles. The normalized spacial score (nSPS) is 12.1. The second-order valence-corrected chi connectivity index (χ2v) is 10.9. The quantitative estimate of drug-likeness (QED) is 0.213. The van der Waals surface area contributed by atoms with Gasteiger partial charge in [0.1, 0.15) is 0 Å². The molecule has 0 bridgehead atoms. The second kappa shape index (κ2) is 8.95. The largest absolute Gasteiger partial charge is 0.309 e. The number of nitrogens with zero attached hydrogens (tertiary/aromatic N) is 2. The maximum atomic E-state index is 8.54. The summed E-state index contributed by atoms with van der Waals surface area (Å²) in [7, 11) is 0. The van der Waals surface area contributed by atoms with Gasteiger partial charge in [0.05, 0.1) is 29.1 Å². The van der Waals surface area contributed by atoms with E-state index in [0.717, 1.165) is 27.7 Å². The van der Waals surface area contributed by atoms with Gasteiger partial charge in [-0.3, -0.25) is 0 Å². The third-order valence-corrected chi connectivity index (χ3v) is 8.63. The fraction of sp³-hybridized carbons (Fsp3) is 0. The minimum Gasteiger partial charge on any atom is -0.309 e. The molecular weight excluding hydrogens is 508 g/mol. The molecule has 9 rings (SSSR count). The molecule has 7 aromatic carbocycles. The Morgan fingerprint density at radius 2 is 0.929 bits per heavy atom. The Labute approximate surface area is 244 Å². The Balaban J connectivity index is 1.38. The minimum atomic E-state index is 0.545. The van der Waals surface area contributed by atoms with Crippen molar-refractivity contribution < 1.29 is 1.37 Å². The predicted molar refractivity (Wildman–Crippen MR) is 178 cm³/mol. The van der Waals surface area contributed by atoms with Crippen LogP contribution in [0.25, 0.3) is 76.9 Å². The van der Waals surface area contributed by atoms with Gasteiger partial charge in [-0.2, -0.15) is 0 Å². The van der Waals surface area contributed by atoms with E-state index in [1.807, 2.05) is 18.2 Å². The number of hydrogen-bond donors (Lipinski definition) is 0. The maximum absolute atomic E-state index is 8.54. The van der Waals surface area contributed by atoms with E-state index in [1.165, 1.54) is 49.2 Å². The van der Waals surface area contributed by atoms with Crippen LogP contribution in [0.2, 0.25) is 0 Å². The van der Waals surface area contributed by atoms with E-state index in [2.05, 4.69) is 143 Å². The minimum absolute atomic E-state index is 0.545. The zero-order valence-electron chi connectivity index (χ0n) is 23.8. The molecule has 0 fully saturated rings. The lowest BCUT2D eigenvalue weighted by molar-refractivity contribution is 1.18. The van der Waals surface area contributed by atoms with E-state index < -0.39 is 0 Å². The second-order valence-electron chi connectivity index (χ2n) is 10.9. The third-order valence-electron chi connectivity index (χ3n) is 8.63. The van der Waals surface area contributed by atoms with Crippen molar-refractivity contribution in [2.45, 2.75) is 0 Å². The summed E-state index contributed by atoms with van der Waals surface area (Å²) in [6.07, 6.45) is 0. The van der Waals surface area contributed by atoms with Crippen molar-refractivity contribution >= 4 is 54.4 Å². The fourth-order valence-electron chi connectivity index (χ4n) is 6.82. The zero-order chi connectivity index (χ0) is 28.5. The highest BCUT2D eigenvalue weighted by molar-refractivity contribution is 6.29. The molecular formula is C40H26N2. The van der Waals surface area contributed by atoms with Crippen molar-refractivity contribution in [3.05, 3.63) is 158 Å². The van der Waals surface area contributed by atoms with Gasteiger partial charge in [0.2, 0.25) is 0 Å². The van der Waals surface area contributed by atoms with Gasteiger partial charge in [0, 0.05) is 32.6 Å². The molecule has 42 heavy (non-hydrogen) atoms. The Morgan fingerprint density at radius 3 is 1.64 bits per heavy atom. The average molecular weight is 536 g/mol. The molecule has 2 aromatic heterocycles. The molecule has 0 N–H and O–H groups in total. The summed E-state index contributed by atoms with van der Waals surface area (Å²) in [5, 5.41) is 7.02. The Morgan fingerprint density at radius 1 is 0.381 bits per heavy atom. The number of hydrogen-bond acceptors (Lipinski definition) is 0. The number of fused-ring (bicyclic) bond motifs is 8. The summed E-state index contributed by atoms with van der Waals surface area (Å²) in [6.45, 7) is 0. The molecule has 2 nitrogen and oxygen atoms in total. The fourth-order valence-corrected chi connectivity index (χ4v) is 6.82. The molecule has 0 amide bonds. The molecule has 0 atom stereocenters. The summed E-state index contributed by atoms with van der Waals surface area (Å²) in [6, 6.07) is 54.3. The predicted octanol–water partition coefficient (Wildman–Crippen LogP) is 10.7. The molecule has 2 heterocycles. The van der Waals surface area contributed by atoms with Gasteiger partial charge in [0.15, 0.2) is 0 Å². The Bertz CT molecular complexity index is 2500. The van der Waals surface area contributed by atoms with E-state index >= 15 is 0 Å². The Kier molecular flexibility index (Phi) is 4.72. The van der Waals surface area contributed by atoms with Crippen LogP contribution in [-0.4, -0.2) is 9.13 Å². The molecule has 0 saturated carbocycles. The van der Waals surface area contributed by atoms with Gasteiger partial charge in [-0.25, -0.2) is 0 Å². The summed E-state index contributed by atoms with van der Waals surface area (Å²) < 4.78 is 13.3. The van der Waals surface area contributed by atoms with E-state index in [9.17, 15) is 0 Å². The lowest BCUT2D eigenvalue weighted by Crippen LogP contribution is -1.95. The highest BCUT2D eigenvalue weighted by Gasteiger charge is 2.20.